The van der Waals surface area contributed by atoms with E-state index >= 15 is 0 Å². The number of anilines is 2. The SMILES string of the molecule is O=C(CCN1CCCc2ccccc21)Nc1cccc(C(F)(F)F)c1. The molecule has 6 heteroatoms. The fourth-order valence-electron chi connectivity index (χ4n) is 3.08. The van der Waals surface area contributed by atoms with Gasteiger partial charge in [-0.15, -0.1) is 0 Å². The minimum Gasteiger partial charge on any atom is -0.371 e. The third-order valence-electron chi connectivity index (χ3n) is 4.29. The first kappa shape index (κ1) is 17.3. The van der Waals surface area contributed by atoms with Crippen LogP contribution in [0.25, 0.3) is 0 Å². The average Bonchev–Trinajstić information content (AvgIpc) is 2.59. The summed E-state index contributed by atoms with van der Waals surface area (Å²) in [5.74, 6) is -0.289. The first-order chi connectivity index (χ1) is 11.9. The van der Waals surface area contributed by atoms with Gasteiger partial charge in [0.25, 0.3) is 0 Å². The molecule has 0 fully saturated rings. The van der Waals surface area contributed by atoms with Crippen LogP contribution in [0.4, 0.5) is 24.5 Å². The fraction of sp³-hybridized carbons (Fsp3) is 0.316. The van der Waals surface area contributed by atoms with Crippen molar-refractivity contribution in [2.24, 2.45) is 0 Å². The second-order valence-corrected chi connectivity index (χ2v) is 6.10. The number of nitrogens with one attached hydrogen (secondary N) is 1. The smallest absolute Gasteiger partial charge is 0.371 e. The summed E-state index contributed by atoms with van der Waals surface area (Å²) in [6.07, 6.45) is -2.13. The van der Waals surface area contributed by atoms with E-state index in [1.807, 2.05) is 18.2 Å². The summed E-state index contributed by atoms with van der Waals surface area (Å²) in [4.78, 5) is 14.3. The Hall–Kier alpha value is -2.50. The van der Waals surface area contributed by atoms with E-state index in [1.54, 1.807) is 0 Å². The number of nitrogens with zero attached hydrogens (tertiary/aromatic N) is 1. The Morgan fingerprint density at radius 3 is 2.72 bits per heavy atom. The number of amides is 1. The number of carbonyl (C=O) groups excluding carboxylic acids is 1. The molecule has 25 heavy (non-hydrogen) atoms. The molecular formula is C19H19F3N2O. The molecule has 2 aromatic carbocycles. The molecule has 2 aromatic rings. The minimum absolute atomic E-state index is 0.166. The molecule has 0 spiro atoms. The molecular weight excluding hydrogens is 329 g/mol. The van der Waals surface area contributed by atoms with Crippen molar-refractivity contribution >= 4 is 17.3 Å². The van der Waals surface area contributed by atoms with Gasteiger partial charge in [0, 0.05) is 30.9 Å². The molecule has 0 saturated heterocycles. The van der Waals surface area contributed by atoms with Gasteiger partial charge in [-0.05, 0) is 42.7 Å². The Morgan fingerprint density at radius 1 is 1.12 bits per heavy atom. The topological polar surface area (TPSA) is 32.3 Å². The summed E-state index contributed by atoms with van der Waals surface area (Å²) in [6, 6.07) is 12.8. The zero-order valence-corrected chi connectivity index (χ0v) is 13.6. The van der Waals surface area contributed by atoms with Crippen LogP contribution in [0.2, 0.25) is 0 Å². The lowest BCUT2D eigenvalue weighted by molar-refractivity contribution is -0.137. The number of rotatable bonds is 4. The van der Waals surface area contributed by atoms with Gasteiger partial charge in [0.15, 0.2) is 0 Å². The van der Waals surface area contributed by atoms with Crippen molar-refractivity contribution in [2.45, 2.75) is 25.4 Å². The highest BCUT2D eigenvalue weighted by Crippen LogP contribution is 2.31. The summed E-state index contributed by atoms with van der Waals surface area (Å²) >= 11 is 0. The van der Waals surface area contributed by atoms with E-state index in [4.69, 9.17) is 0 Å². The number of aryl methyl sites for hydroxylation is 1. The maximum absolute atomic E-state index is 12.7. The number of benzene rings is 2. The van der Waals surface area contributed by atoms with E-state index < -0.39 is 11.7 Å². The molecule has 1 aliphatic rings. The zero-order chi connectivity index (χ0) is 17.9. The van der Waals surface area contributed by atoms with Gasteiger partial charge >= 0.3 is 6.18 Å². The third kappa shape index (κ3) is 4.32. The second-order valence-electron chi connectivity index (χ2n) is 6.10. The number of para-hydroxylation sites is 1. The summed E-state index contributed by atoms with van der Waals surface area (Å²) in [5, 5.41) is 2.55. The number of alkyl halides is 3. The van der Waals surface area contributed by atoms with Crippen LogP contribution in [0.1, 0.15) is 24.0 Å². The van der Waals surface area contributed by atoms with Crippen LogP contribution in [0.15, 0.2) is 48.5 Å². The quantitative estimate of drug-likeness (QED) is 0.883. The van der Waals surface area contributed by atoms with Gasteiger partial charge in [-0.1, -0.05) is 24.3 Å². The molecule has 1 aliphatic heterocycles. The van der Waals surface area contributed by atoms with Crippen molar-refractivity contribution in [3.05, 3.63) is 59.7 Å². The van der Waals surface area contributed by atoms with Crippen LogP contribution in [-0.4, -0.2) is 19.0 Å². The number of halogens is 3. The van der Waals surface area contributed by atoms with Crippen molar-refractivity contribution in [2.75, 3.05) is 23.3 Å². The number of carbonyl (C=O) groups is 1. The number of fused-ring (bicyclic) bond motifs is 1. The molecule has 0 aromatic heterocycles. The van der Waals surface area contributed by atoms with Gasteiger partial charge in [-0.2, -0.15) is 13.2 Å². The van der Waals surface area contributed by atoms with Crippen molar-refractivity contribution < 1.29 is 18.0 Å². The zero-order valence-electron chi connectivity index (χ0n) is 13.6. The highest BCUT2D eigenvalue weighted by atomic mass is 19.4. The number of hydrogen-bond acceptors (Lipinski definition) is 2. The monoisotopic (exact) mass is 348 g/mol. The lowest BCUT2D eigenvalue weighted by Gasteiger charge is -2.31. The second kappa shape index (κ2) is 7.17. The standard InChI is InChI=1S/C19H19F3N2O/c20-19(21,22)15-7-3-8-16(13-15)23-18(25)10-12-24-11-4-6-14-5-1-2-9-17(14)24/h1-3,5,7-9,13H,4,6,10-12H2,(H,23,25). The Bertz CT molecular complexity index is 758. The van der Waals surface area contributed by atoms with Gasteiger partial charge in [-0.25, -0.2) is 0 Å². The summed E-state index contributed by atoms with van der Waals surface area (Å²) in [6.45, 7) is 1.43. The summed E-state index contributed by atoms with van der Waals surface area (Å²) in [7, 11) is 0. The molecule has 132 valence electrons. The Morgan fingerprint density at radius 2 is 1.92 bits per heavy atom. The van der Waals surface area contributed by atoms with Gasteiger partial charge in [0.2, 0.25) is 5.91 Å². The van der Waals surface area contributed by atoms with Crippen molar-refractivity contribution in [1.82, 2.24) is 0 Å². The maximum Gasteiger partial charge on any atom is 0.416 e. The van der Waals surface area contributed by atoms with Gasteiger partial charge in [-0.3, -0.25) is 4.79 Å². The van der Waals surface area contributed by atoms with Crippen molar-refractivity contribution in [3.63, 3.8) is 0 Å². The molecule has 0 atom stereocenters. The third-order valence-corrected chi connectivity index (χ3v) is 4.29. The van der Waals surface area contributed by atoms with Crippen molar-refractivity contribution in [3.8, 4) is 0 Å². The molecule has 0 bridgehead atoms. The van der Waals surface area contributed by atoms with Gasteiger partial charge in [0.05, 0.1) is 5.56 Å². The summed E-state index contributed by atoms with van der Waals surface area (Å²) in [5.41, 5.74) is 1.81. The molecule has 3 nitrogen and oxygen atoms in total. The molecule has 1 amide bonds. The van der Waals surface area contributed by atoms with E-state index in [2.05, 4.69) is 16.3 Å². The Kier molecular flexibility index (Phi) is 4.97. The molecule has 0 aliphatic carbocycles. The summed E-state index contributed by atoms with van der Waals surface area (Å²) < 4.78 is 38.2. The number of hydrogen-bond donors (Lipinski definition) is 1. The lowest BCUT2D eigenvalue weighted by atomic mass is 10.0. The van der Waals surface area contributed by atoms with E-state index in [-0.39, 0.29) is 18.0 Å². The van der Waals surface area contributed by atoms with Crippen LogP contribution >= 0.6 is 0 Å². The largest absolute Gasteiger partial charge is 0.416 e. The van der Waals surface area contributed by atoms with E-state index in [0.29, 0.717) is 6.54 Å². The predicted octanol–water partition coefficient (Wildman–Crippen LogP) is 4.49. The molecule has 1 N–H and O–H groups in total. The molecule has 1 heterocycles. The lowest BCUT2D eigenvalue weighted by Crippen LogP contribution is -2.32. The Labute approximate surface area is 144 Å². The maximum atomic E-state index is 12.7. The van der Waals surface area contributed by atoms with Crippen LogP contribution < -0.4 is 10.2 Å². The van der Waals surface area contributed by atoms with Gasteiger partial charge in [0.1, 0.15) is 0 Å². The van der Waals surface area contributed by atoms with E-state index in [0.717, 1.165) is 37.2 Å². The van der Waals surface area contributed by atoms with Crippen LogP contribution in [0.3, 0.4) is 0 Å². The fourth-order valence-corrected chi connectivity index (χ4v) is 3.08. The molecule has 0 unspecified atom stereocenters. The minimum atomic E-state index is -4.42. The first-order valence-electron chi connectivity index (χ1n) is 8.23. The van der Waals surface area contributed by atoms with Gasteiger partial charge < -0.3 is 10.2 Å². The van der Waals surface area contributed by atoms with Crippen LogP contribution in [-0.2, 0) is 17.4 Å². The highest BCUT2D eigenvalue weighted by molar-refractivity contribution is 5.91. The van der Waals surface area contributed by atoms with E-state index in [9.17, 15) is 18.0 Å². The molecule has 3 rings (SSSR count). The van der Waals surface area contributed by atoms with Crippen LogP contribution in [0.5, 0.6) is 0 Å². The molecule has 0 saturated carbocycles. The highest BCUT2D eigenvalue weighted by Gasteiger charge is 2.30. The molecule has 0 radical (unpaired) electrons. The van der Waals surface area contributed by atoms with Crippen molar-refractivity contribution in [1.29, 1.82) is 0 Å². The normalized spacial score (nSPS) is 14.1. The average molecular weight is 348 g/mol. The van der Waals surface area contributed by atoms with Crippen LogP contribution in [0, 0.1) is 0 Å². The predicted molar refractivity (Wildman–Crippen MR) is 91.7 cm³/mol. The van der Waals surface area contributed by atoms with E-state index in [1.165, 1.54) is 17.7 Å². The first-order valence-corrected chi connectivity index (χ1v) is 8.23. The Balaban J connectivity index is 1.59.